The number of piperidine rings is 1. The van der Waals surface area contributed by atoms with E-state index in [1.165, 1.54) is 0 Å². The summed E-state index contributed by atoms with van der Waals surface area (Å²) in [5.74, 6) is 0. The van der Waals surface area contributed by atoms with Crippen LogP contribution < -0.4 is 0 Å². The van der Waals surface area contributed by atoms with E-state index in [1.807, 2.05) is 30.3 Å². The Kier molecular flexibility index (Phi) is 6.68. The van der Waals surface area contributed by atoms with E-state index in [9.17, 15) is 5.11 Å². The molecule has 21 heavy (non-hydrogen) atoms. The summed E-state index contributed by atoms with van der Waals surface area (Å²) in [7, 11) is 0. The summed E-state index contributed by atoms with van der Waals surface area (Å²) in [6, 6.07) is 10.2. The van der Waals surface area contributed by atoms with E-state index in [2.05, 4.69) is 18.7 Å². The fraction of sp³-hybridized carbons (Fsp3) is 0.667. The average Bonchev–Trinajstić information content (AvgIpc) is 2.55. The van der Waals surface area contributed by atoms with Crippen LogP contribution in [-0.4, -0.2) is 41.8 Å². The Morgan fingerprint density at radius 3 is 2.71 bits per heavy atom. The van der Waals surface area contributed by atoms with Crippen LogP contribution in [0.2, 0.25) is 0 Å². The van der Waals surface area contributed by atoms with Crippen molar-refractivity contribution in [3.8, 4) is 0 Å². The average molecular weight is 291 g/mol. The zero-order chi connectivity index (χ0) is 15.1. The maximum atomic E-state index is 10.7. The highest BCUT2D eigenvalue weighted by molar-refractivity contribution is 5.19. The quantitative estimate of drug-likeness (QED) is 0.836. The van der Waals surface area contributed by atoms with E-state index >= 15 is 0 Å². The van der Waals surface area contributed by atoms with Gasteiger partial charge in [-0.1, -0.05) is 44.2 Å². The van der Waals surface area contributed by atoms with E-state index < -0.39 is 6.10 Å². The number of likely N-dealkylation sites (tertiary alicyclic amines) is 1. The molecule has 1 fully saturated rings. The van der Waals surface area contributed by atoms with Gasteiger partial charge in [0.05, 0.1) is 12.2 Å². The van der Waals surface area contributed by atoms with Gasteiger partial charge in [-0.15, -0.1) is 0 Å². The lowest BCUT2D eigenvalue weighted by Gasteiger charge is -2.40. The van der Waals surface area contributed by atoms with E-state index in [0.717, 1.165) is 50.9 Å². The topological polar surface area (TPSA) is 32.7 Å². The molecule has 1 aromatic carbocycles. The molecular formula is C18H29NO2. The summed E-state index contributed by atoms with van der Waals surface area (Å²) in [4.78, 5) is 2.42. The van der Waals surface area contributed by atoms with Crippen molar-refractivity contribution in [1.82, 2.24) is 4.90 Å². The third-order valence-electron chi connectivity index (χ3n) is 4.36. The van der Waals surface area contributed by atoms with Crippen molar-refractivity contribution in [1.29, 1.82) is 0 Å². The highest BCUT2D eigenvalue weighted by Crippen LogP contribution is 2.26. The fourth-order valence-electron chi connectivity index (χ4n) is 3.24. The standard InChI is InChI=1S/C18H29NO2/c1-3-13-21-16-11-8-12-19(14-16)17(4-2)18(20)15-9-6-5-7-10-15/h5-7,9-10,16-18,20H,3-4,8,11-14H2,1-2H3. The zero-order valence-electron chi connectivity index (χ0n) is 13.4. The number of benzene rings is 1. The SMILES string of the molecule is CCCOC1CCCN(C(CC)C(O)c2ccccc2)C1. The highest BCUT2D eigenvalue weighted by atomic mass is 16.5. The van der Waals surface area contributed by atoms with Crippen LogP contribution in [0.1, 0.15) is 51.2 Å². The third-order valence-corrected chi connectivity index (χ3v) is 4.36. The lowest BCUT2D eigenvalue weighted by Crippen LogP contribution is -2.47. The van der Waals surface area contributed by atoms with E-state index in [-0.39, 0.29) is 6.04 Å². The largest absolute Gasteiger partial charge is 0.387 e. The van der Waals surface area contributed by atoms with Crippen molar-refractivity contribution in [2.75, 3.05) is 19.7 Å². The van der Waals surface area contributed by atoms with Crippen molar-refractivity contribution in [3.63, 3.8) is 0 Å². The molecule has 0 aromatic heterocycles. The molecular weight excluding hydrogens is 262 g/mol. The summed E-state index contributed by atoms with van der Waals surface area (Å²) in [6.45, 7) is 7.16. The molecule has 1 N–H and O–H groups in total. The maximum Gasteiger partial charge on any atom is 0.0945 e. The molecule has 0 amide bonds. The van der Waals surface area contributed by atoms with Gasteiger partial charge in [0, 0.05) is 19.2 Å². The molecule has 3 heteroatoms. The van der Waals surface area contributed by atoms with Gasteiger partial charge in [0.15, 0.2) is 0 Å². The van der Waals surface area contributed by atoms with E-state index in [4.69, 9.17) is 4.74 Å². The molecule has 3 unspecified atom stereocenters. The van der Waals surface area contributed by atoms with Crippen molar-refractivity contribution in [2.24, 2.45) is 0 Å². The number of nitrogens with zero attached hydrogens (tertiary/aromatic N) is 1. The van der Waals surface area contributed by atoms with Gasteiger partial charge in [-0.25, -0.2) is 0 Å². The van der Waals surface area contributed by atoms with Crippen LogP contribution in [0, 0.1) is 0 Å². The summed E-state index contributed by atoms with van der Waals surface area (Å²) >= 11 is 0. The van der Waals surface area contributed by atoms with Crippen LogP contribution >= 0.6 is 0 Å². The van der Waals surface area contributed by atoms with Crippen molar-refractivity contribution >= 4 is 0 Å². The molecule has 1 aromatic rings. The van der Waals surface area contributed by atoms with Crippen molar-refractivity contribution in [3.05, 3.63) is 35.9 Å². The molecule has 0 radical (unpaired) electrons. The third kappa shape index (κ3) is 4.53. The lowest BCUT2D eigenvalue weighted by molar-refractivity contribution is -0.0375. The molecule has 0 spiro atoms. The van der Waals surface area contributed by atoms with Crippen LogP contribution in [0.4, 0.5) is 0 Å². The second-order valence-corrected chi connectivity index (χ2v) is 5.96. The summed E-state index contributed by atoms with van der Waals surface area (Å²) in [6.07, 6.45) is 4.24. The number of aliphatic hydroxyl groups excluding tert-OH is 1. The van der Waals surface area contributed by atoms with Crippen molar-refractivity contribution < 1.29 is 9.84 Å². The lowest BCUT2D eigenvalue weighted by atomic mass is 9.96. The fourth-order valence-corrected chi connectivity index (χ4v) is 3.24. The van der Waals surface area contributed by atoms with Crippen LogP contribution in [0.25, 0.3) is 0 Å². The van der Waals surface area contributed by atoms with Gasteiger partial charge in [0.2, 0.25) is 0 Å². The Labute approximate surface area is 128 Å². The number of hydrogen-bond acceptors (Lipinski definition) is 3. The highest BCUT2D eigenvalue weighted by Gasteiger charge is 2.30. The Morgan fingerprint density at radius 2 is 2.05 bits per heavy atom. The van der Waals surface area contributed by atoms with Gasteiger partial charge < -0.3 is 9.84 Å². The molecule has 0 aliphatic carbocycles. The first-order valence-electron chi connectivity index (χ1n) is 8.34. The second kappa shape index (κ2) is 8.52. The van der Waals surface area contributed by atoms with Gasteiger partial charge in [0.25, 0.3) is 0 Å². The first-order valence-corrected chi connectivity index (χ1v) is 8.34. The summed E-state index contributed by atoms with van der Waals surface area (Å²) in [5, 5.41) is 10.7. The second-order valence-electron chi connectivity index (χ2n) is 5.96. The number of hydrogen-bond donors (Lipinski definition) is 1. The Bertz CT molecular complexity index is 395. The number of ether oxygens (including phenoxy) is 1. The minimum absolute atomic E-state index is 0.181. The monoisotopic (exact) mass is 291 g/mol. The van der Waals surface area contributed by atoms with Gasteiger partial charge in [0.1, 0.15) is 0 Å². The Morgan fingerprint density at radius 1 is 1.29 bits per heavy atom. The van der Waals surface area contributed by atoms with E-state index in [0.29, 0.717) is 6.10 Å². The first kappa shape index (κ1) is 16.5. The predicted octanol–water partition coefficient (Wildman–Crippen LogP) is 3.39. The molecule has 3 atom stereocenters. The normalized spacial score (nSPS) is 22.9. The molecule has 3 nitrogen and oxygen atoms in total. The smallest absolute Gasteiger partial charge is 0.0945 e. The van der Waals surface area contributed by atoms with Crippen LogP contribution in [0.15, 0.2) is 30.3 Å². The summed E-state index contributed by atoms with van der Waals surface area (Å²) in [5.41, 5.74) is 1.01. The van der Waals surface area contributed by atoms with Crippen LogP contribution in [0.5, 0.6) is 0 Å². The van der Waals surface area contributed by atoms with Crippen LogP contribution in [0.3, 0.4) is 0 Å². The molecule has 2 rings (SSSR count). The van der Waals surface area contributed by atoms with Gasteiger partial charge >= 0.3 is 0 Å². The minimum Gasteiger partial charge on any atom is -0.387 e. The number of aliphatic hydroxyl groups is 1. The molecule has 0 bridgehead atoms. The molecule has 0 saturated carbocycles. The predicted molar refractivity (Wildman–Crippen MR) is 86.3 cm³/mol. The molecule has 1 aliphatic heterocycles. The van der Waals surface area contributed by atoms with Crippen LogP contribution in [-0.2, 0) is 4.74 Å². The Balaban J connectivity index is 1.99. The van der Waals surface area contributed by atoms with Gasteiger partial charge in [-0.05, 0) is 37.8 Å². The Hall–Kier alpha value is -0.900. The maximum absolute atomic E-state index is 10.7. The van der Waals surface area contributed by atoms with E-state index in [1.54, 1.807) is 0 Å². The molecule has 118 valence electrons. The van der Waals surface area contributed by atoms with Crippen molar-refractivity contribution in [2.45, 2.75) is 57.8 Å². The number of rotatable bonds is 7. The molecule has 1 aliphatic rings. The first-order chi connectivity index (χ1) is 10.3. The summed E-state index contributed by atoms with van der Waals surface area (Å²) < 4.78 is 5.92. The van der Waals surface area contributed by atoms with Gasteiger partial charge in [-0.2, -0.15) is 0 Å². The zero-order valence-corrected chi connectivity index (χ0v) is 13.4. The minimum atomic E-state index is -0.416. The molecule has 1 heterocycles. The van der Waals surface area contributed by atoms with Gasteiger partial charge in [-0.3, -0.25) is 4.90 Å². The molecule has 1 saturated heterocycles.